The highest BCUT2D eigenvalue weighted by atomic mass is 16.5. The van der Waals surface area contributed by atoms with Gasteiger partial charge in [0.25, 0.3) is 0 Å². The zero-order valence-electron chi connectivity index (χ0n) is 12.1. The molecule has 0 aliphatic rings. The number of benzene rings is 1. The smallest absolute Gasteiger partial charge is 0.249 e. The molecule has 4 N–H and O–H groups in total. The lowest BCUT2D eigenvalue weighted by Gasteiger charge is -2.10. The number of methoxy groups -OCH3 is 1. The lowest BCUT2D eigenvalue weighted by atomic mass is 10.1. The summed E-state index contributed by atoms with van der Waals surface area (Å²) in [5, 5.41) is 7.18. The van der Waals surface area contributed by atoms with E-state index in [1.54, 1.807) is 13.2 Å². The van der Waals surface area contributed by atoms with Crippen LogP contribution in [0.25, 0.3) is 10.9 Å². The quantitative estimate of drug-likeness (QED) is 0.630. The number of nitrogens with one attached hydrogen (secondary N) is 2. The van der Waals surface area contributed by atoms with Gasteiger partial charge in [-0.1, -0.05) is 18.2 Å². The second-order valence-electron chi connectivity index (χ2n) is 4.61. The van der Waals surface area contributed by atoms with Gasteiger partial charge in [-0.3, -0.25) is 4.79 Å². The molecule has 112 valence electrons. The Bertz CT molecular complexity index is 616. The molecule has 0 fully saturated rings. The molecule has 6 nitrogen and oxygen atoms in total. The molecule has 1 amide bonds. The summed E-state index contributed by atoms with van der Waals surface area (Å²) in [7, 11) is 1.67. The summed E-state index contributed by atoms with van der Waals surface area (Å²) in [6.07, 6.45) is 0. The first-order valence-electron chi connectivity index (χ1n) is 6.85. The summed E-state index contributed by atoms with van der Waals surface area (Å²) >= 11 is 0. The summed E-state index contributed by atoms with van der Waals surface area (Å²) in [4.78, 5) is 16.0. The number of nitrogens with two attached hydrogens (primary N) is 1. The highest BCUT2D eigenvalue weighted by molar-refractivity contribution is 6.06. The second kappa shape index (κ2) is 7.56. The van der Waals surface area contributed by atoms with E-state index < -0.39 is 5.91 Å². The Hall–Kier alpha value is -2.18. The van der Waals surface area contributed by atoms with Crippen molar-refractivity contribution in [2.75, 3.05) is 38.7 Å². The Kier molecular flexibility index (Phi) is 5.48. The van der Waals surface area contributed by atoms with E-state index in [0.29, 0.717) is 24.5 Å². The first-order chi connectivity index (χ1) is 10.2. The van der Waals surface area contributed by atoms with Crippen molar-refractivity contribution in [1.29, 1.82) is 0 Å². The predicted molar refractivity (Wildman–Crippen MR) is 83.5 cm³/mol. The number of fused-ring (bicyclic) bond motifs is 1. The maximum absolute atomic E-state index is 11.6. The zero-order valence-corrected chi connectivity index (χ0v) is 12.1. The van der Waals surface area contributed by atoms with E-state index in [1.165, 1.54) is 0 Å². The van der Waals surface area contributed by atoms with Crippen molar-refractivity contribution in [1.82, 2.24) is 10.3 Å². The third-order valence-electron chi connectivity index (χ3n) is 3.07. The molecule has 6 heteroatoms. The number of hydrogen-bond acceptors (Lipinski definition) is 5. The van der Waals surface area contributed by atoms with Crippen LogP contribution < -0.4 is 16.4 Å². The number of pyridine rings is 1. The molecule has 1 aromatic heterocycles. The second-order valence-corrected chi connectivity index (χ2v) is 4.61. The number of hydrogen-bond donors (Lipinski definition) is 3. The predicted octanol–water partition coefficient (Wildman–Crippen LogP) is 0.982. The average molecular weight is 288 g/mol. The number of primary amides is 1. The fraction of sp³-hybridized carbons (Fsp3) is 0.333. The maximum atomic E-state index is 11.6. The largest absolute Gasteiger partial charge is 0.383 e. The number of para-hydroxylation sites is 1. The van der Waals surface area contributed by atoms with Crippen molar-refractivity contribution in [3.8, 4) is 0 Å². The number of aromatic nitrogens is 1. The van der Waals surface area contributed by atoms with Crippen LogP contribution in [-0.4, -0.2) is 44.2 Å². The van der Waals surface area contributed by atoms with Gasteiger partial charge in [-0.15, -0.1) is 0 Å². The molecule has 0 bridgehead atoms. The van der Waals surface area contributed by atoms with Crippen molar-refractivity contribution in [2.45, 2.75) is 0 Å². The fourth-order valence-electron chi connectivity index (χ4n) is 2.05. The van der Waals surface area contributed by atoms with Crippen LogP contribution in [-0.2, 0) is 4.74 Å². The molecule has 0 spiro atoms. The molecule has 2 rings (SSSR count). The van der Waals surface area contributed by atoms with Gasteiger partial charge in [0, 0.05) is 32.1 Å². The topological polar surface area (TPSA) is 89.3 Å². The standard InChI is InChI=1S/C15H20N4O2/c1-21-9-8-17-6-7-18-14-10-12(15(16)20)11-4-2-3-5-13(11)19-14/h2-5,10,17H,6-9H2,1H3,(H2,16,20)(H,18,19). The van der Waals surface area contributed by atoms with E-state index in [0.717, 1.165) is 24.0 Å². The van der Waals surface area contributed by atoms with Gasteiger partial charge in [-0.2, -0.15) is 0 Å². The molecular weight excluding hydrogens is 268 g/mol. The summed E-state index contributed by atoms with van der Waals surface area (Å²) in [5.74, 6) is 0.200. The van der Waals surface area contributed by atoms with E-state index >= 15 is 0 Å². The van der Waals surface area contributed by atoms with Crippen LogP contribution in [0.5, 0.6) is 0 Å². The minimum atomic E-state index is -0.449. The summed E-state index contributed by atoms with van der Waals surface area (Å²) in [5.41, 5.74) is 6.67. The van der Waals surface area contributed by atoms with E-state index in [-0.39, 0.29) is 0 Å². The van der Waals surface area contributed by atoms with Crippen molar-refractivity contribution < 1.29 is 9.53 Å². The van der Waals surface area contributed by atoms with Gasteiger partial charge in [0.1, 0.15) is 5.82 Å². The number of anilines is 1. The zero-order chi connectivity index (χ0) is 15.1. The van der Waals surface area contributed by atoms with Gasteiger partial charge >= 0.3 is 0 Å². The Morgan fingerprint density at radius 3 is 2.86 bits per heavy atom. The normalized spacial score (nSPS) is 10.7. The molecule has 0 aliphatic carbocycles. The lowest BCUT2D eigenvalue weighted by molar-refractivity contribution is 0.100. The van der Waals surface area contributed by atoms with Crippen LogP contribution in [0, 0.1) is 0 Å². The van der Waals surface area contributed by atoms with Crippen LogP contribution in [0.2, 0.25) is 0 Å². The number of carbonyl (C=O) groups excluding carboxylic acids is 1. The summed E-state index contributed by atoms with van der Waals surface area (Å²) in [6.45, 7) is 2.97. The van der Waals surface area contributed by atoms with Crippen LogP contribution in [0.3, 0.4) is 0 Å². The summed E-state index contributed by atoms with van der Waals surface area (Å²) < 4.78 is 4.95. The van der Waals surface area contributed by atoms with E-state index in [1.807, 2.05) is 24.3 Å². The van der Waals surface area contributed by atoms with Crippen LogP contribution in [0.1, 0.15) is 10.4 Å². The van der Waals surface area contributed by atoms with Crippen molar-refractivity contribution >= 4 is 22.6 Å². The summed E-state index contributed by atoms with van der Waals surface area (Å²) in [6, 6.07) is 9.15. The first kappa shape index (κ1) is 15.2. The lowest BCUT2D eigenvalue weighted by Crippen LogP contribution is -2.25. The molecule has 0 aliphatic heterocycles. The van der Waals surface area contributed by atoms with E-state index in [2.05, 4.69) is 15.6 Å². The fourth-order valence-corrected chi connectivity index (χ4v) is 2.05. The SMILES string of the molecule is COCCNCCNc1cc(C(N)=O)c2ccccc2n1. The number of rotatable bonds is 8. The van der Waals surface area contributed by atoms with Crippen LogP contribution in [0.15, 0.2) is 30.3 Å². The molecule has 0 radical (unpaired) electrons. The monoisotopic (exact) mass is 288 g/mol. The third-order valence-corrected chi connectivity index (χ3v) is 3.07. The van der Waals surface area contributed by atoms with Gasteiger partial charge in [-0.25, -0.2) is 4.98 Å². The Morgan fingerprint density at radius 2 is 2.10 bits per heavy atom. The Morgan fingerprint density at radius 1 is 1.29 bits per heavy atom. The average Bonchev–Trinajstić information content (AvgIpc) is 2.49. The minimum absolute atomic E-state index is 0.449. The van der Waals surface area contributed by atoms with Gasteiger partial charge in [0.2, 0.25) is 5.91 Å². The molecule has 0 saturated carbocycles. The van der Waals surface area contributed by atoms with Crippen molar-refractivity contribution in [2.24, 2.45) is 5.73 Å². The molecule has 0 atom stereocenters. The number of nitrogens with zero attached hydrogens (tertiary/aromatic N) is 1. The number of amides is 1. The van der Waals surface area contributed by atoms with Crippen LogP contribution in [0.4, 0.5) is 5.82 Å². The van der Waals surface area contributed by atoms with Crippen molar-refractivity contribution in [3.05, 3.63) is 35.9 Å². The van der Waals surface area contributed by atoms with Crippen molar-refractivity contribution in [3.63, 3.8) is 0 Å². The molecule has 2 aromatic rings. The molecule has 1 heterocycles. The third kappa shape index (κ3) is 4.14. The van der Waals surface area contributed by atoms with Gasteiger partial charge < -0.3 is 21.1 Å². The van der Waals surface area contributed by atoms with Gasteiger partial charge in [0.05, 0.1) is 17.7 Å². The highest BCUT2D eigenvalue weighted by Crippen LogP contribution is 2.20. The van der Waals surface area contributed by atoms with Gasteiger partial charge in [0.15, 0.2) is 0 Å². The van der Waals surface area contributed by atoms with Crippen LogP contribution >= 0.6 is 0 Å². The number of ether oxygens (including phenoxy) is 1. The molecule has 0 unspecified atom stereocenters. The number of carbonyl (C=O) groups is 1. The van der Waals surface area contributed by atoms with E-state index in [9.17, 15) is 4.79 Å². The first-order valence-corrected chi connectivity index (χ1v) is 6.85. The molecule has 0 saturated heterocycles. The molecule has 21 heavy (non-hydrogen) atoms. The Balaban J connectivity index is 2.05. The Labute approximate surface area is 123 Å². The van der Waals surface area contributed by atoms with Gasteiger partial charge in [-0.05, 0) is 12.1 Å². The minimum Gasteiger partial charge on any atom is -0.383 e. The highest BCUT2D eigenvalue weighted by Gasteiger charge is 2.09. The maximum Gasteiger partial charge on any atom is 0.249 e. The molecular formula is C15H20N4O2. The molecule has 1 aromatic carbocycles. The van der Waals surface area contributed by atoms with E-state index in [4.69, 9.17) is 10.5 Å².